The highest BCUT2D eigenvalue weighted by Gasteiger charge is 2.11. The van der Waals surface area contributed by atoms with E-state index in [9.17, 15) is 9.50 Å². The summed E-state index contributed by atoms with van der Waals surface area (Å²) >= 11 is 0. The van der Waals surface area contributed by atoms with E-state index in [1.54, 1.807) is 19.2 Å². The van der Waals surface area contributed by atoms with Gasteiger partial charge in [0.1, 0.15) is 11.6 Å². The zero-order valence-corrected chi connectivity index (χ0v) is 11.0. The fourth-order valence-corrected chi connectivity index (χ4v) is 2.38. The molecule has 0 saturated carbocycles. The average molecular weight is 271 g/mol. The van der Waals surface area contributed by atoms with Gasteiger partial charge in [0.25, 0.3) is 0 Å². The van der Waals surface area contributed by atoms with Gasteiger partial charge in [0, 0.05) is 22.8 Å². The van der Waals surface area contributed by atoms with Gasteiger partial charge in [-0.3, -0.25) is 0 Å². The maximum Gasteiger partial charge on any atom is 0.123 e. The molecule has 0 radical (unpaired) electrons. The molecular formula is C16H14FNO2. The number of nitrogens with zero attached hydrogens (tertiary/aromatic N) is 1. The van der Waals surface area contributed by atoms with Crippen LogP contribution in [0.3, 0.4) is 0 Å². The Kier molecular flexibility index (Phi) is 3.16. The average Bonchev–Trinajstić information content (AvgIpc) is 2.85. The second-order valence-corrected chi connectivity index (χ2v) is 4.53. The summed E-state index contributed by atoms with van der Waals surface area (Å²) in [5.41, 5.74) is 2.47. The van der Waals surface area contributed by atoms with Crippen molar-refractivity contribution in [2.75, 3.05) is 7.11 Å². The van der Waals surface area contributed by atoms with Crippen molar-refractivity contribution in [3.63, 3.8) is 0 Å². The van der Waals surface area contributed by atoms with E-state index in [0.29, 0.717) is 0 Å². The lowest BCUT2D eigenvalue weighted by atomic mass is 10.2. The molecule has 3 aromatic rings. The lowest BCUT2D eigenvalue weighted by Crippen LogP contribution is -2.00. The third-order valence-electron chi connectivity index (χ3n) is 3.33. The predicted octanol–water partition coefficient (Wildman–Crippen LogP) is 3.27. The lowest BCUT2D eigenvalue weighted by Gasteiger charge is -2.10. The molecule has 0 saturated heterocycles. The van der Waals surface area contributed by atoms with Gasteiger partial charge in [-0.2, -0.15) is 0 Å². The Morgan fingerprint density at radius 3 is 2.50 bits per heavy atom. The van der Waals surface area contributed by atoms with E-state index >= 15 is 0 Å². The summed E-state index contributed by atoms with van der Waals surface area (Å²) < 4.78 is 20.2. The number of hydrogen-bond acceptors (Lipinski definition) is 2. The van der Waals surface area contributed by atoms with Gasteiger partial charge in [0.15, 0.2) is 0 Å². The van der Waals surface area contributed by atoms with Crippen molar-refractivity contribution in [2.45, 2.75) is 6.61 Å². The summed E-state index contributed by atoms with van der Waals surface area (Å²) in [4.78, 5) is 0. The fraction of sp³-hybridized carbons (Fsp3) is 0.125. The van der Waals surface area contributed by atoms with E-state index in [1.807, 2.05) is 28.8 Å². The van der Waals surface area contributed by atoms with E-state index < -0.39 is 0 Å². The topological polar surface area (TPSA) is 34.4 Å². The Morgan fingerprint density at radius 1 is 1.10 bits per heavy atom. The minimum Gasteiger partial charge on any atom is -0.497 e. The molecule has 0 bridgehead atoms. The molecule has 3 rings (SSSR count). The van der Waals surface area contributed by atoms with Crippen molar-refractivity contribution < 1.29 is 14.2 Å². The van der Waals surface area contributed by atoms with Crippen LogP contribution in [0.2, 0.25) is 0 Å². The van der Waals surface area contributed by atoms with Crippen LogP contribution in [0, 0.1) is 5.82 Å². The molecule has 0 aliphatic heterocycles. The number of halogens is 1. The van der Waals surface area contributed by atoms with Gasteiger partial charge in [-0.1, -0.05) is 0 Å². The van der Waals surface area contributed by atoms with Crippen molar-refractivity contribution in [1.82, 2.24) is 4.57 Å². The molecule has 0 fully saturated rings. The molecule has 0 unspecified atom stereocenters. The summed E-state index contributed by atoms with van der Waals surface area (Å²) in [5, 5.41) is 10.5. The van der Waals surface area contributed by atoms with Gasteiger partial charge in [-0.15, -0.1) is 0 Å². The molecule has 1 heterocycles. The molecule has 20 heavy (non-hydrogen) atoms. The molecule has 3 nitrogen and oxygen atoms in total. The maximum atomic E-state index is 13.1. The number of aliphatic hydroxyl groups excluding tert-OH is 1. The van der Waals surface area contributed by atoms with Crippen LogP contribution in [0.4, 0.5) is 4.39 Å². The Bertz CT molecular complexity index is 747. The molecule has 102 valence electrons. The summed E-state index contributed by atoms with van der Waals surface area (Å²) in [6.07, 6.45) is 0. The lowest BCUT2D eigenvalue weighted by molar-refractivity contribution is 0.275. The number of methoxy groups -OCH3 is 1. The first kappa shape index (κ1) is 12.7. The minimum absolute atomic E-state index is 0.0889. The van der Waals surface area contributed by atoms with Crippen LogP contribution >= 0.6 is 0 Å². The van der Waals surface area contributed by atoms with E-state index in [1.165, 1.54) is 12.1 Å². The third kappa shape index (κ3) is 2.04. The second-order valence-electron chi connectivity index (χ2n) is 4.53. The monoisotopic (exact) mass is 271 g/mol. The zero-order chi connectivity index (χ0) is 14.1. The van der Waals surface area contributed by atoms with E-state index in [0.717, 1.165) is 28.0 Å². The number of aromatic nitrogens is 1. The molecule has 1 aromatic heterocycles. The van der Waals surface area contributed by atoms with Gasteiger partial charge in [-0.25, -0.2) is 4.39 Å². The molecule has 0 atom stereocenters. The number of hydrogen-bond donors (Lipinski definition) is 1. The molecule has 0 amide bonds. The van der Waals surface area contributed by atoms with Crippen LogP contribution in [0.1, 0.15) is 5.69 Å². The summed E-state index contributed by atoms with van der Waals surface area (Å²) in [5.74, 6) is 0.455. The SMILES string of the molecule is COc1ccc2cc(CO)n(-c3ccc(F)cc3)c2c1. The first-order valence-corrected chi connectivity index (χ1v) is 6.28. The Hall–Kier alpha value is -2.33. The molecule has 2 aromatic carbocycles. The first-order chi connectivity index (χ1) is 9.72. The van der Waals surface area contributed by atoms with Crippen LogP contribution < -0.4 is 4.74 Å². The van der Waals surface area contributed by atoms with Gasteiger partial charge in [-0.05, 0) is 42.5 Å². The second kappa shape index (κ2) is 4.98. The number of benzene rings is 2. The number of ether oxygens (including phenoxy) is 1. The first-order valence-electron chi connectivity index (χ1n) is 6.28. The molecule has 4 heteroatoms. The standard InChI is InChI=1S/C16H14FNO2/c1-20-15-7-2-11-8-14(10-19)18(16(11)9-15)13-5-3-12(17)4-6-13/h2-9,19H,10H2,1H3. The maximum absolute atomic E-state index is 13.1. The van der Waals surface area contributed by atoms with Crippen molar-refractivity contribution in [1.29, 1.82) is 0 Å². The van der Waals surface area contributed by atoms with Crippen LogP contribution in [-0.2, 0) is 6.61 Å². The number of aliphatic hydroxyl groups is 1. The summed E-state index contributed by atoms with van der Waals surface area (Å²) in [7, 11) is 1.61. The van der Waals surface area contributed by atoms with Gasteiger partial charge >= 0.3 is 0 Å². The van der Waals surface area contributed by atoms with Crippen LogP contribution in [0.15, 0.2) is 48.5 Å². The highest BCUT2D eigenvalue weighted by molar-refractivity contribution is 5.84. The van der Waals surface area contributed by atoms with Gasteiger partial charge < -0.3 is 14.4 Å². The van der Waals surface area contributed by atoms with E-state index in [-0.39, 0.29) is 12.4 Å². The molecule has 0 aliphatic rings. The molecule has 1 N–H and O–H groups in total. The zero-order valence-electron chi connectivity index (χ0n) is 11.0. The third-order valence-corrected chi connectivity index (χ3v) is 3.33. The Labute approximate surface area is 115 Å². The smallest absolute Gasteiger partial charge is 0.123 e. The molecule has 0 spiro atoms. The fourth-order valence-electron chi connectivity index (χ4n) is 2.38. The highest BCUT2D eigenvalue weighted by atomic mass is 19.1. The largest absolute Gasteiger partial charge is 0.497 e. The van der Waals surface area contributed by atoms with Crippen LogP contribution in [-0.4, -0.2) is 16.8 Å². The van der Waals surface area contributed by atoms with Crippen molar-refractivity contribution in [3.8, 4) is 11.4 Å². The van der Waals surface area contributed by atoms with Crippen molar-refractivity contribution >= 4 is 10.9 Å². The van der Waals surface area contributed by atoms with Crippen molar-refractivity contribution in [2.24, 2.45) is 0 Å². The number of rotatable bonds is 3. The Balaban J connectivity index is 2.28. The summed E-state index contributed by atoms with van der Waals surface area (Å²) in [6, 6.07) is 13.8. The van der Waals surface area contributed by atoms with Gasteiger partial charge in [0.2, 0.25) is 0 Å². The van der Waals surface area contributed by atoms with Gasteiger partial charge in [0.05, 0.1) is 19.2 Å². The van der Waals surface area contributed by atoms with E-state index in [2.05, 4.69) is 0 Å². The molecular weight excluding hydrogens is 257 g/mol. The normalized spacial score (nSPS) is 10.9. The highest BCUT2D eigenvalue weighted by Crippen LogP contribution is 2.28. The Morgan fingerprint density at radius 2 is 1.85 bits per heavy atom. The quantitative estimate of drug-likeness (QED) is 0.793. The van der Waals surface area contributed by atoms with Crippen molar-refractivity contribution in [3.05, 3.63) is 60.0 Å². The predicted molar refractivity (Wildman–Crippen MR) is 75.7 cm³/mol. The van der Waals surface area contributed by atoms with E-state index in [4.69, 9.17) is 4.74 Å². The van der Waals surface area contributed by atoms with Crippen LogP contribution in [0.5, 0.6) is 5.75 Å². The molecule has 0 aliphatic carbocycles. The number of fused-ring (bicyclic) bond motifs is 1. The van der Waals surface area contributed by atoms with Crippen LogP contribution in [0.25, 0.3) is 16.6 Å². The summed E-state index contributed by atoms with van der Waals surface area (Å²) in [6.45, 7) is -0.0889. The minimum atomic E-state index is -0.284.